The summed E-state index contributed by atoms with van der Waals surface area (Å²) in [6.07, 6.45) is 2.39. The van der Waals surface area contributed by atoms with Crippen LogP contribution < -0.4 is 4.90 Å². The SMILES string of the molecule is CCCc1cccc(N(C(C)C)C(C)C)c1. The van der Waals surface area contributed by atoms with E-state index < -0.39 is 0 Å². The lowest BCUT2D eigenvalue weighted by Gasteiger charge is -2.33. The van der Waals surface area contributed by atoms with Crippen molar-refractivity contribution in [2.75, 3.05) is 4.90 Å². The summed E-state index contributed by atoms with van der Waals surface area (Å²) in [4.78, 5) is 2.47. The molecule has 0 amide bonds. The second-order valence-corrected chi connectivity index (χ2v) is 5.01. The molecule has 0 aliphatic heterocycles. The van der Waals surface area contributed by atoms with E-state index in [1.807, 2.05) is 0 Å². The summed E-state index contributed by atoms with van der Waals surface area (Å²) in [5.41, 5.74) is 2.81. The van der Waals surface area contributed by atoms with Crippen LogP contribution in [-0.2, 0) is 6.42 Å². The molecule has 0 heterocycles. The van der Waals surface area contributed by atoms with Crippen LogP contribution in [0.4, 0.5) is 5.69 Å². The van der Waals surface area contributed by atoms with Crippen molar-refractivity contribution < 1.29 is 0 Å². The number of rotatable bonds is 5. The molecule has 0 aromatic heterocycles. The topological polar surface area (TPSA) is 3.24 Å². The van der Waals surface area contributed by atoms with Gasteiger partial charge in [-0.2, -0.15) is 0 Å². The molecule has 0 unspecified atom stereocenters. The van der Waals surface area contributed by atoms with Gasteiger partial charge in [0.15, 0.2) is 0 Å². The maximum absolute atomic E-state index is 2.47. The zero-order chi connectivity index (χ0) is 12.1. The van der Waals surface area contributed by atoms with Crippen LogP contribution >= 0.6 is 0 Å². The molecule has 0 N–H and O–H groups in total. The Morgan fingerprint density at radius 3 is 2.19 bits per heavy atom. The molecule has 1 rings (SSSR count). The van der Waals surface area contributed by atoms with Crippen LogP contribution in [0.2, 0.25) is 0 Å². The highest BCUT2D eigenvalue weighted by molar-refractivity contribution is 5.50. The number of anilines is 1. The molecular formula is C15H25N. The van der Waals surface area contributed by atoms with Gasteiger partial charge in [0.05, 0.1) is 0 Å². The van der Waals surface area contributed by atoms with Gasteiger partial charge < -0.3 is 4.90 Å². The van der Waals surface area contributed by atoms with Gasteiger partial charge >= 0.3 is 0 Å². The summed E-state index contributed by atoms with van der Waals surface area (Å²) >= 11 is 0. The minimum atomic E-state index is 0.553. The van der Waals surface area contributed by atoms with Crippen molar-refractivity contribution in [3.63, 3.8) is 0 Å². The first-order chi connectivity index (χ1) is 7.56. The second kappa shape index (κ2) is 5.93. The quantitative estimate of drug-likeness (QED) is 0.715. The van der Waals surface area contributed by atoms with Gasteiger partial charge in [-0.1, -0.05) is 25.5 Å². The van der Waals surface area contributed by atoms with Crippen molar-refractivity contribution >= 4 is 5.69 Å². The third-order valence-corrected chi connectivity index (χ3v) is 2.86. The van der Waals surface area contributed by atoms with Crippen molar-refractivity contribution in [3.05, 3.63) is 29.8 Å². The van der Waals surface area contributed by atoms with Gasteiger partial charge in [0.25, 0.3) is 0 Å². The van der Waals surface area contributed by atoms with Crippen LogP contribution in [0.25, 0.3) is 0 Å². The Hall–Kier alpha value is -0.980. The molecule has 0 saturated heterocycles. The lowest BCUT2D eigenvalue weighted by Crippen LogP contribution is -2.36. The van der Waals surface area contributed by atoms with E-state index >= 15 is 0 Å². The van der Waals surface area contributed by atoms with Gasteiger partial charge in [0, 0.05) is 17.8 Å². The Balaban J connectivity index is 2.95. The average molecular weight is 219 g/mol. The van der Waals surface area contributed by atoms with Crippen LogP contribution in [0, 0.1) is 0 Å². The van der Waals surface area contributed by atoms with E-state index in [0.29, 0.717) is 12.1 Å². The van der Waals surface area contributed by atoms with E-state index in [4.69, 9.17) is 0 Å². The Morgan fingerprint density at radius 1 is 1.06 bits per heavy atom. The Morgan fingerprint density at radius 2 is 1.69 bits per heavy atom. The molecule has 0 saturated carbocycles. The number of aryl methyl sites for hydroxylation is 1. The number of hydrogen-bond donors (Lipinski definition) is 0. The molecule has 1 heteroatoms. The summed E-state index contributed by atoms with van der Waals surface area (Å²) in [6.45, 7) is 11.3. The third-order valence-electron chi connectivity index (χ3n) is 2.86. The molecule has 0 aliphatic carbocycles. The predicted molar refractivity (Wildman–Crippen MR) is 73.2 cm³/mol. The molecule has 1 aromatic rings. The van der Waals surface area contributed by atoms with Gasteiger partial charge in [-0.15, -0.1) is 0 Å². The highest BCUT2D eigenvalue weighted by Gasteiger charge is 2.13. The smallest absolute Gasteiger partial charge is 0.0373 e. The molecule has 0 radical (unpaired) electrons. The van der Waals surface area contributed by atoms with Crippen molar-refractivity contribution in [3.8, 4) is 0 Å². The summed E-state index contributed by atoms with van der Waals surface area (Å²) < 4.78 is 0. The first kappa shape index (κ1) is 13.1. The molecule has 0 atom stereocenters. The highest BCUT2D eigenvalue weighted by atomic mass is 15.2. The predicted octanol–water partition coefficient (Wildman–Crippen LogP) is 4.26. The first-order valence-corrected chi connectivity index (χ1v) is 6.43. The van der Waals surface area contributed by atoms with Crippen LogP contribution in [0.1, 0.15) is 46.6 Å². The molecule has 0 fully saturated rings. The van der Waals surface area contributed by atoms with Crippen LogP contribution in [0.15, 0.2) is 24.3 Å². The summed E-state index contributed by atoms with van der Waals surface area (Å²) in [6, 6.07) is 10.1. The Bertz CT molecular complexity index is 307. The van der Waals surface area contributed by atoms with Crippen molar-refractivity contribution in [1.29, 1.82) is 0 Å². The van der Waals surface area contributed by atoms with Crippen molar-refractivity contribution in [2.24, 2.45) is 0 Å². The molecule has 0 bridgehead atoms. The lowest BCUT2D eigenvalue weighted by atomic mass is 10.1. The van der Waals surface area contributed by atoms with Gasteiger partial charge in [-0.05, 0) is 51.8 Å². The Kier molecular flexibility index (Phi) is 4.85. The van der Waals surface area contributed by atoms with Gasteiger partial charge in [0.2, 0.25) is 0 Å². The van der Waals surface area contributed by atoms with E-state index in [1.54, 1.807) is 0 Å². The fourth-order valence-electron chi connectivity index (χ4n) is 2.35. The zero-order valence-electron chi connectivity index (χ0n) is 11.3. The molecule has 1 nitrogen and oxygen atoms in total. The summed E-state index contributed by atoms with van der Waals surface area (Å²) in [5, 5.41) is 0. The molecule has 0 aliphatic rings. The lowest BCUT2D eigenvalue weighted by molar-refractivity contribution is 0.607. The number of nitrogens with zero attached hydrogens (tertiary/aromatic N) is 1. The maximum atomic E-state index is 2.47. The zero-order valence-corrected chi connectivity index (χ0v) is 11.3. The number of hydrogen-bond acceptors (Lipinski definition) is 1. The molecule has 1 aromatic carbocycles. The van der Waals surface area contributed by atoms with E-state index in [9.17, 15) is 0 Å². The van der Waals surface area contributed by atoms with E-state index in [0.717, 1.165) is 0 Å². The Labute approximate surface area is 100 Å². The summed E-state index contributed by atoms with van der Waals surface area (Å²) in [5.74, 6) is 0. The third kappa shape index (κ3) is 3.26. The minimum Gasteiger partial charge on any atom is -0.367 e. The van der Waals surface area contributed by atoms with Crippen molar-refractivity contribution in [2.45, 2.75) is 59.5 Å². The molecular weight excluding hydrogens is 194 g/mol. The fourth-order valence-corrected chi connectivity index (χ4v) is 2.35. The average Bonchev–Trinajstić information content (AvgIpc) is 2.17. The number of benzene rings is 1. The van der Waals surface area contributed by atoms with Gasteiger partial charge in [0.1, 0.15) is 0 Å². The van der Waals surface area contributed by atoms with Gasteiger partial charge in [-0.25, -0.2) is 0 Å². The van der Waals surface area contributed by atoms with E-state index in [1.165, 1.54) is 24.1 Å². The standard InChI is InChI=1S/C15H25N/c1-6-8-14-9-7-10-15(11-14)16(12(2)3)13(4)5/h7,9-13H,6,8H2,1-5H3. The second-order valence-electron chi connectivity index (χ2n) is 5.01. The van der Waals surface area contributed by atoms with Gasteiger partial charge in [-0.3, -0.25) is 0 Å². The minimum absolute atomic E-state index is 0.553. The van der Waals surface area contributed by atoms with Crippen LogP contribution in [0.3, 0.4) is 0 Å². The molecule has 16 heavy (non-hydrogen) atoms. The summed E-state index contributed by atoms with van der Waals surface area (Å²) in [7, 11) is 0. The van der Waals surface area contributed by atoms with E-state index in [-0.39, 0.29) is 0 Å². The maximum Gasteiger partial charge on any atom is 0.0373 e. The molecule has 0 spiro atoms. The van der Waals surface area contributed by atoms with Crippen LogP contribution in [0.5, 0.6) is 0 Å². The van der Waals surface area contributed by atoms with E-state index in [2.05, 4.69) is 63.8 Å². The largest absolute Gasteiger partial charge is 0.367 e. The normalized spacial score (nSPS) is 11.2. The highest BCUT2D eigenvalue weighted by Crippen LogP contribution is 2.21. The fraction of sp³-hybridized carbons (Fsp3) is 0.600. The first-order valence-electron chi connectivity index (χ1n) is 6.43. The van der Waals surface area contributed by atoms with Crippen molar-refractivity contribution in [1.82, 2.24) is 0 Å². The molecule has 90 valence electrons. The monoisotopic (exact) mass is 219 g/mol. The van der Waals surface area contributed by atoms with Crippen LogP contribution in [-0.4, -0.2) is 12.1 Å².